The molecular weight excluding hydrogens is 184 g/mol. The Labute approximate surface area is 78.8 Å². The van der Waals surface area contributed by atoms with Gasteiger partial charge >= 0.3 is 5.69 Å². The minimum Gasteiger partial charge on any atom is -0.502 e. The highest BCUT2D eigenvalue weighted by Gasteiger charge is 2.17. The fourth-order valence-corrected chi connectivity index (χ4v) is 1.32. The number of pyridine rings is 1. The fraction of sp³-hybridized carbons (Fsp3) is 0. The van der Waals surface area contributed by atoms with Gasteiger partial charge in [-0.15, -0.1) is 0 Å². The first kappa shape index (κ1) is 8.43. The van der Waals surface area contributed by atoms with E-state index in [1.807, 2.05) is 0 Å². The van der Waals surface area contributed by atoms with Crippen molar-refractivity contribution in [2.75, 3.05) is 0 Å². The molecule has 0 amide bonds. The van der Waals surface area contributed by atoms with Crippen LogP contribution >= 0.6 is 0 Å². The lowest BCUT2D eigenvalue weighted by Crippen LogP contribution is -1.91. The van der Waals surface area contributed by atoms with Crippen LogP contribution in [0.4, 0.5) is 5.69 Å². The van der Waals surface area contributed by atoms with E-state index in [0.29, 0.717) is 10.9 Å². The van der Waals surface area contributed by atoms with Crippen LogP contribution in [0.25, 0.3) is 10.9 Å². The summed E-state index contributed by atoms with van der Waals surface area (Å²) in [5, 5.41) is 20.3. The Balaban J connectivity index is 2.90. The maximum Gasteiger partial charge on any atom is 0.320 e. The zero-order valence-corrected chi connectivity index (χ0v) is 7.04. The van der Waals surface area contributed by atoms with Crippen molar-refractivity contribution in [3.63, 3.8) is 0 Å². The Morgan fingerprint density at radius 1 is 1.36 bits per heavy atom. The number of aromatic hydroxyl groups is 1. The maximum atomic E-state index is 10.7. The summed E-state index contributed by atoms with van der Waals surface area (Å²) >= 11 is 0. The van der Waals surface area contributed by atoms with E-state index in [4.69, 9.17) is 0 Å². The number of nitrogens with zero attached hydrogens (tertiary/aromatic N) is 2. The van der Waals surface area contributed by atoms with Gasteiger partial charge in [-0.1, -0.05) is 0 Å². The van der Waals surface area contributed by atoms with Gasteiger partial charge < -0.3 is 5.11 Å². The van der Waals surface area contributed by atoms with Crippen LogP contribution in [-0.4, -0.2) is 15.0 Å². The molecule has 1 aromatic carbocycles. The van der Waals surface area contributed by atoms with Crippen molar-refractivity contribution in [2.45, 2.75) is 0 Å². The number of fused-ring (bicyclic) bond motifs is 1. The van der Waals surface area contributed by atoms with Gasteiger partial charge in [0.05, 0.1) is 15.8 Å². The van der Waals surface area contributed by atoms with Crippen molar-refractivity contribution < 1.29 is 10.0 Å². The smallest absolute Gasteiger partial charge is 0.320 e. The molecule has 0 radical (unpaired) electrons. The van der Waals surface area contributed by atoms with Crippen molar-refractivity contribution in [3.8, 4) is 5.75 Å². The van der Waals surface area contributed by atoms with Gasteiger partial charge in [0.15, 0.2) is 5.75 Å². The van der Waals surface area contributed by atoms with Crippen LogP contribution in [0.5, 0.6) is 5.75 Å². The molecular formula is C9H6N2O3. The lowest BCUT2D eigenvalue weighted by molar-refractivity contribution is -0.384. The molecule has 0 saturated heterocycles. The van der Waals surface area contributed by atoms with Gasteiger partial charge in [-0.05, 0) is 24.3 Å². The highest BCUT2D eigenvalue weighted by atomic mass is 16.6. The maximum absolute atomic E-state index is 10.7. The van der Waals surface area contributed by atoms with Gasteiger partial charge in [0, 0.05) is 6.20 Å². The molecule has 0 fully saturated rings. The number of hydrogen-bond acceptors (Lipinski definition) is 4. The van der Waals surface area contributed by atoms with Crippen LogP contribution in [0.2, 0.25) is 0 Å². The molecule has 0 saturated carbocycles. The summed E-state index contributed by atoms with van der Waals surface area (Å²) in [4.78, 5) is 14.0. The Bertz CT molecular complexity index is 510. The SMILES string of the molecule is O=[N+]([O-])c1c(O)ccc2ncccc12. The predicted octanol–water partition coefficient (Wildman–Crippen LogP) is 1.85. The third-order valence-corrected chi connectivity index (χ3v) is 1.92. The first-order valence-electron chi connectivity index (χ1n) is 3.91. The first-order chi connectivity index (χ1) is 6.70. The highest BCUT2D eigenvalue weighted by Crippen LogP contribution is 2.32. The third-order valence-electron chi connectivity index (χ3n) is 1.92. The van der Waals surface area contributed by atoms with Crippen molar-refractivity contribution in [1.29, 1.82) is 0 Å². The monoisotopic (exact) mass is 190 g/mol. The molecule has 0 aliphatic carbocycles. The number of nitro groups is 1. The van der Waals surface area contributed by atoms with E-state index < -0.39 is 4.92 Å². The first-order valence-corrected chi connectivity index (χ1v) is 3.91. The van der Waals surface area contributed by atoms with Gasteiger partial charge in [-0.25, -0.2) is 0 Å². The van der Waals surface area contributed by atoms with Crippen molar-refractivity contribution in [1.82, 2.24) is 4.98 Å². The zero-order valence-electron chi connectivity index (χ0n) is 7.04. The summed E-state index contributed by atoms with van der Waals surface area (Å²) in [6.07, 6.45) is 1.54. The number of rotatable bonds is 1. The van der Waals surface area contributed by atoms with Gasteiger partial charge in [-0.3, -0.25) is 15.1 Å². The molecule has 70 valence electrons. The molecule has 0 unspecified atom stereocenters. The van der Waals surface area contributed by atoms with E-state index in [0.717, 1.165) is 0 Å². The largest absolute Gasteiger partial charge is 0.502 e. The number of aromatic nitrogens is 1. The lowest BCUT2D eigenvalue weighted by Gasteiger charge is -1.99. The van der Waals surface area contributed by atoms with Crippen LogP contribution in [0.1, 0.15) is 0 Å². The summed E-state index contributed by atoms with van der Waals surface area (Å²) in [7, 11) is 0. The molecule has 5 heteroatoms. The van der Waals surface area contributed by atoms with Crippen molar-refractivity contribution in [3.05, 3.63) is 40.6 Å². The highest BCUT2D eigenvalue weighted by molar-refractivity contribution is 5.90. The van der Waals surface area contributed by atoms with Crippen LogP contribution in [-0.2, 0) is 0 Å². The van der Waals surface area contributed by atoms with Gasteiger partial charge in [0.25, 0.3) is 0 Å². The van der Waals surface area contributed by atoms with Gasteiger partial charge in [-0.2, -0.15) is 0 Å². The molecule has 0 bridgehead atoms. The van der Waals surface area contributed by atoms with Crippen LogP contribution in [0.3, 0.4) is 0 Å². The molecule has 2 aromatic rings. The molecule has 0 aliphatic heterocycles. The topological polar surface area (TPSA) is 76.3 Å². The summed E-state index contributed by atoms with van der Waals surface area (Å²) in [5.41, 5.74) is 0.201. The molecule has 5 nitrogen and oxygen atoms in total. The predicted molar refractivity (Wildman–Crippen MR) is 50.1 cm³/mol. The van der Waals surface area contributed by atoms with E-state index in [2.05, 4.69) is 4.98 Å². The van der Waals surface area contributed by atoms with Crippen LogP contribution in [0.15, 0.2) is 30.5 Å². The van der Waals surface area contributed by atoms with E-state index in [1.54, 1.807) is 18.3 Å². The Morgan fingerprint density at radius 2 is 2.14 bits per heavy atom. The minimum absolute atomic E-state index is 0.296. The van der Waals surface area contributed by atoms with Crippen LogP contribution < -0.4 is 0 Å². The Kier molecular flexibility index (Phi) is 1.78. The second kappa shape index (κ2) is 2.95. The van der Waals surface area contributed by atoms with E-state index in [9.17, 15) is 15.2 Å². The lowest BCUT2D eigenvalue weighted by atomic mass is 10.2. The molecule has 0 atom stereocenters. The molecule has 1 N–H and O–H groups in total. The number of phenolic OH excluding ortho intramolecular Hbond substituents is 1. The van der Waals surface area contributed by atoms with E-state index in [-0.39, 0.29) is 11.4 Å². The van der Waals surface area contributed by atoms with Crippen LogP contribution in [0, 0.1) is 10.1 Å². The number of phenols is 1. The Hall–Kier alpha value is -2.17. The summed E-state index contributed by atoms with van der Waals surface area (Å²) < 4.78 is 0. The third kappa shape index (κ3) is 1.15. The number of nitro benzene ring substituents is 1. The van der Waals surface area contributed by atoms with E-state index >= 15 is 0 Å². The van der Waals surface area contributed by atoms with Gasteiger partial charge in [0.1, 0.15) is 0 Å². The standard InChI is InChI=1S/C9H6N2O3/c12-8-4-3-7-6(2-1-5-10-7)9(8)11(13)14/h1-5,12H. The van der Waals surface area contributed by atoms with E-state index in [1.165, 1.54) is 12.1 Å². The summed E-state index contributed by atoms with van der Waals surface area (Å²) in [6, 6.07) is 5.96. The average Bonchev–Trinajstić information content (AvgIpc) is 2.17. The minimum atomic E-state index is -0.612. The van der Waals surface area contributed by atoms with Crippen molar-refractivity contribution >= 4 is 16.6 Å². The normalized spacial score (nSPS) is 10.3. The zero-order chi connectivity index (χ0) is 10.1. The quantitative estimate of drug-likeness (QED) is 0.549. The summed E-state index contributed by atoms with van der Waals surface area (Å²) in [6.45, 7) is 0. The second-order valence-electron chi connectivity index (χ2n) is 2.76. The average molecular weight is 190 g/mol. The molecule has 0 aliphatic rings. The second-order valence-corrected chi connectivity index (χ2v) is 2.76. The Morgan fingerprint density at radius 3 is 2.86 bits per heavy atom. The fourth-order valence-electron chi connectivity index (χ4n) is 1.32. The van der Waals surface area contributed by atoms with Gasteiger partial charge in [0.2, 0.25) is 0 Å². The number of benzene rings is 1. The van der Waals surface area contributed by atoms with Crippen molar-refractivity contribution in [2.24, 2.45) is 0 Å². The summed E-state index contributed by atoms with van der Waals surface area (Å²) in [5.74, 6) is -0.337. The molecule has 0 spiro atoms. The molecule has 1 aromatic heterocycles. The molecule has 2 rings (SSSR count). The molecule has 1 heterocycles. The molecule has 14 heavy (non-hydrogen) atoms. The number of hydrogen-bond donors (Lipinski definition) is 1.